The number of nitrogens with zero attached hydrogens (tertiary/aromatic N) is 2. The van der Waals surface area contributed by atoms with Crippen molar-refractivity contribution in [2.24, 2.45) is 5.92 Å². The Morgan fingerprint density at radius 3 is 2.86 bits per heavy atom. The summed E-state index contributed by atoms with van der Waals surface area (Å²) >= 11 is 1.66. The van der Waals surface area contributed by atoms with Crippen LogP contribution in [0.1, 0.15) is 56.4 Å². The molecule has 3 atom stereocenters. The molecular formula is C21H31N3O3S. The molecule has 7 heteroatoms. The zero-order chi connectivity index (χ0) is 19.5. The molecule has 0 spiro atoms. The molecule has 154 valence electrons. The van der Waals surface area contributed by atoms with E-state index in [1.165, 1.54) is 25.8 Å². The van der Waals surface area contributed by atoms with Crippen molar-refractivity contribution >= 4 is 23.6 Å². The van der Waals surface area contributed by atoms with Gasteiger partial charge in [-0.2, -0.15) is 0 Å². The Morgan fingerprint density at radius 2 is 2.14 bits per heavy atom. The molecule has 1 aromatic heterocycles. The van der Waals surface area contributed by atoms with Crippen LogP contribution >= 0.6 is 11.8 Å². The number of furan rings is 1. The van der Waals surface area contributed by atoms with Crippen molar-refractivity contribution in [1.29, 1.82) is 0 Å². The molecule has 1 aliphatic carbocycles. The average Bonchev–Trinajstić information content (AvgIpc) is 3.23. The van der Waals surface area contributed by atoms with E-state index in [0.29, 0.717) is 18.3 Å². The second-order valence-electron chi connectivity index (χ2n) is 8.30. The van der Waals surface area contributed by atoms with E-state index in [2.05, 4.69) is 17.1 Å². The third kappa shape index (κ3) is 4.40. The van der Waals surface area contributed by atoms with Gasteiger partial charge in [0.25, 0.3) is 0 Å². The van der Waals surface area contributed by atoms with E-state index < -0.39 is 0 Å². The van der Waals surface area contributed by atoms with E-state index >= 15 is 0 Å². The van der Waals surface area contributed by atoms with E-state index in [-0.39, 0.29) is 29.1 Å². The highest BCUT2D eigenvalue weighted by Gasteiger charge is 2.46. The molecule has 1 N–H and O–H groups in total. The summed E-state index contributed by atoms with van der Waals surface area (Å²) < 4.78 is 5.22. The van der Waals surface area contributed by atoms with Crippen LogP contribution in [0.5, 0.6) is 0 Å². The van der Waals surface area contributed by atoms with Crippen molar-refractivity contribution < 1.29 is 14.0 Å². The molecule has 0 bridgehead atoms. The summed E-state index contributed by atoms with van der Waals surface area (Å²) in [5.41, 5.74) is 0.966. The Balaban J connectivity index is 1.31. The van der Waals surface area contributed by atoms with Gasteiger partial charge in [-0.05, 0) is 51.6 Å². The molecule has 0 aromatic carbocycles. The second-order valence-corrected chi connectivity index (χ2v) is 9.42. The maximum atomic E-state index is 12.9. The Labute approximate surface area is 171 Å². The number of amides is 2. The van der Waals surface area contributed by atoms with Gasteiger partial charge in [-0.15, -0.1) is 11.8 Å². The second kappa shape index (κ2) is 8.91. The van der Waals surface area contributed by atoms with Crippen LogP contribution in [-0.4, -0.2) is 59.1 Å². The summed E-state index contributed by atoms with van der Waals surface area (Å²) in [6.07, 6.45) is 10.0. The Kier molecular flexibility index (Phi) is 6.31. The van der Waals surface area contributed by atoms with Gasteiger partial charge in [0, 0.05) is 36.4 Å². The van der Waals surface area contributed by atoms with Crippen LogP contribution in [0.3, 0.4) is 0 Å². The molecule has 2 saturated heterocycles. The molecule has 2 amide bonds. The van der Waals surface area contributed by atoms with Gasteiger partial charge in [0.15, 0.2) is 0 Å². The summed E-state index contributed by atoms with van der Waals surface area (Å²) in [7, 11) is 0. The molecule has 3 aliphatic rings. The molecule has 3 heterocycles. The van der Waals surface area contributed by atoms with E-state index in [9.17, 15) is 9.59 Å². The zero-order valence-corrected chi connectivity index (χ0v) is 17.5. The van der Waals surface area contributed by atoms with Gasteiger partial charge in [0.05, 0.1) is 12.5 Å². The minimum Gasteiger partial charge on any atom is -0.472 e. The highest BCUT2D eigenvalue weighted by molar-refractivity contribution is 7.99. The lowest BCUT2D eigenvalue weighted by Gasteiger charge is -2.33. The minimum atomic E-state index is -0.382. The topological polar surface area (TPSA) is 65.8 Å². The quantitative estimate of drug-likeness (QED) is 0.707. The molecule has 28 heavy (non-hydrogen) atoms. The first-order chi connectivity index (χ1) is 13.6. The first-order valence-corrected chi connectivity index (χ1v) is 11.7. The Hall–Kier alpha value is -1.47. The van der Waals surface area contributed by atoms with Crippen LogP contribution in [0, 0.1) is 5.92 Å². The molecule has 2 aliphatic heterocycles. The van der Waals surface area contributed by atoms with Gasteiger partial charge in [-0.25, -0.2) is 0 Å². The summed E-state index contributed by atoms with van der Waals surface area (Å²) in [6, 6.07) is 2.16. The van der Waals surface area contributed by atoms with Gasteiger partial charge in [-0.1, -0.05) is 6.42 Å². The number of carbonyl (C=O) groups excluding carboxylic acids is 2. The number of nitrogens with one attached hydrogen (secondary N) is 1. The maximum absolute atomic E-state index is 12.9. The highest BCUT2D eigenvalue weighted by atomic mass is 32.2. The van der Waals surface area contributed by atoms with Crippen molar-refractivity contribution in [3.05, 3.63) is 24.2 Å². The molecule has 0 radical (unpaired) electrons. The first-order valence-electron chi connectivity index (χ1n) is 10.6. The molecule has 1 saturated carbocycles. The number of piperidine rings is 1. The molecule has 6 nitrogen and oxygen atoms in total. The predicted molar refractivity (Wildman–Crippen MR) is 110 cm³/mol. The van der Waals surface area contributed by atoms with Crippen LogP contribution in [0.4, 0.5) is 0 Å². The van der Waals surface area contributed by atoms with Crippen molar-refractivity contribution in [3.8, 4) is 0 Å². The van der Waals surface area contributed by atoms with Gasteiger partial charge < -0.3 is 19.5 Å². The summed E-state index contributed by atoms with van der Waals surface area (Å²) in [5, 5.41) is 2.98. The maximum Gasteiger partial charge on any atom is 0.243 e. The lowest BCUT2D eigenvalue weighted by molar-refractivity contribution is -0.140. The van der Waals surface area contributed by atoms with Crippen molar-refractivity contribution in [2.75, 3.05) is 25.4 Å². The van der Waals surface area contributed by atoms with Crippen LogP contribution in [0.2, 0.25) is 0 Å². The number of rotatable bonds is 7. The molecule has 1 aromatic rings. The zero-order valence-electron chi connectivity index (χ0n) is 16.6. The third-order valence-corrected chi connectivity index (χ3v) is 7.50. The van der Waals surface area contributed by atoms with Gasteiger partial charge in [-0.3, -0.25) is 9.59 Å². The normalized spacial score (nSPS) is 28.5. The van der Waals surface area contributed by atoms with Crippen LogP contribution in [-0.2, 0) is 9.59 Å². The molecule has 3 fully saturated rings. The van der Waals surface area contributed by atoms with Crippen molar-refractivity contribution in [3.63, 3.8) is 0 Å². The highest BCUT2D eigenvalue weighted by Crippen LogP contribution is 2.45. The number of thioether (sulfide) groups is 1. The van der Waals surface area contributed by atoms with Crippen LogP contribution in [0.15, 0.2) is 23.0 Å². The fourth-order valence-electron chi connectivity index (χ4n) is 4.29. The van der Waals surface area contributed by atoms with Gasteiger partial charge >= 0.3 is 0 Å². The van der Waals surface area contributed by atoms with Crippen LogP contribution in [0.25, 0.3) is 0 Å². The number of hydrogen-bond acceptors (Lipinski definition) is 5. The SMILES string of the molecule is CC1CCCCN1CCCNC(=O)C1CSC(c2ccoc2)N1C(=O)C1CC1. The van der Waals surface area contributed by atoms with E-state index in [1.807, 2.05) is 11.0 Å². The molecular weight excluding hydrogens is 374 g/mol. The average molecular weight is 406 g/mol. The number of carbonyl (C=O) groups is 2. The van der Waals surface area contributed by atoms with Crippen molar-refractivity contribution in [1.82, 2.24) is 15.1 Å². The van der Waals surface area contributed by atoms with Crippen LogP contribution < -0.4 is 5.32 Å². The summed E-state index contributed by atoms with van der Waals surface area (Å²) in [5.74, 6) is 0.852. The third-order valence-electron chi connectivity index (χ3n) is 6.17. The van der Waals surface area contributed by atoms with Gasteiger partial charge in [0.2, 0.25) is 11.8 Å². The Bertz CT molecular complexity index is 676. The smallest absolute Gasteiger partial charge is 0.243 e. The fourth-order valence-corrected chi connectivity index (χ4v) is 5.71. The fraction of sp³-hybridized carbons (Fsp3) is 0.714. The number of likely N-dealkylation sites (tertiary alicyclic amines) is 1. The monoisotopic (exact) mass is 405 g/mol. The van der Waals surface area contributed by atoms with E-state index in [4.69, 9.17) is 4.42 Å². The minimum absolute atomic E-state index is 0.0146. The molecule has 4 rings (SSSR count). The summed E-state index contributed by atoms with van der Waals surface area (Å²) in [6.45, 7) is 5.17. The lowest BCUT2D eigenvalue weighted by atomic mass is 10.0. The largest absolute Gasteiger partial charge is 0.472 e. The predicted octanol–water partition coefficient (Wildman–Crippen LogP) is 3.01. The molecule has 3 unspecified atom stereocenters. The van der Waals surface area contributed by atoms with Gasteiger partial charge in [0.1, 0.15) is 11.4 Å². The number of hydrogen-bond donors (Lipinski definition) is 1. The lowest BCUT2D eigenvalue weighted by Crippen LogP contribution is -2.49. The van der Waals surface area contributed by atoms with E-state index in [0.717, 1.165) is 31.4 Å². The standard InChI is InChI=1S/C21H31N3O3S/c1-15-5-2-3-10-23(15)11-4-9-22-19(25)18-14-28-21(17-8-12-27-13-17)24(18)20(26)16-6-7-16/h8,12-13,15-16,18,21H,2-7,9-11,14H2,1H3,(H,22,25). The first kappa shape index (κ1) is 19.8. The Morgan fingerprint density at radius 1 is 1.29 bits per heavy atom. The van der Waals surface area contributed by atoms with Crippen molar-refractivity contribution in [2.45, 2.75) is 62.9 Å². The van der Waals surface area contributed by atoms with E-state index in [1.54, 1.807) is 24.3 Å². The summed E-state index contributed by atoms with van der Waals surface area (Å²) in [4.78, 5) is 30.1.